The maximum absolute atomic E-state index is 3.39. The predicted molar refractivity (Wildman–Crippen MR) is 96.0 cm³/mol. The second kappa shape index (κ2) is 14.9. The van der Waals surface area contributed by atoms with E-state index >= 15 is 0 Å². The number of unbranched alkanes of at least 4 members (excludes halogenated alkanes) is 15. The van der Waals surface area contributed by atoms with Crippen LogP contribution in [0.2, 0.25) is 0 Å². The molecule has 1 atom stereocenters. The Morgan fingerprint density at radius 1 is 0.571 bits per heavy atom. The summed E-state index contributed by atoms with van der Waals surface area (Å²) >= 11 is 0. The van der Waals surface area contributed by atoms with Crippen LogP contribution in [-0.4, -0.2) is 12.6 Å². The normalized spacial score (nSPS) is 17.3. The van der Waals surface area contributed by atoms with E-state index in [1.165, 1.54) is 116 Å². The fourth-order valence-electron chi connectivity index (χ4n) is 3.23. The largest absolute Gasteiger partial charge is 0.311 e. The van der Waals surface area contributed by atoms with E-state index in [2.05, 4.69) is 12.2 Å². The van der Waals surface area contributed by atoms with Gasteiger partial charge < -0.3 is 5.32 Å². The summed E-state index contributed by atoms with van der Waals surface area (Å²) in [6.45, 7) is 3.59. The molecule has 1 aliphatic heterocycles. The molecule has 1 saturated heterocycles. The third kappa shape index (κ3) is 14.7. The van der Waals surface area contributed by atoms with Gasteiger partial charge >= 0.3 is 0 Å². The van der Waals surface area contributed by atoms with E-state index in [0.717, 1.165) is 6.04 Å². The molecule has 0 bridgehead atoms. The van der Waals surface area contributed by atoms with Crippen molar-refractivity contribution in [1.29, 1.82) is 0 Å². The molecule has 0 aromatic heterocycles. The van der Waals surface area contributed by atoms with Crippen LogP contribution >= 0.6 is 0 Å². The van der Waals surface area contributed by atoms with Crippen molar-refractivity contribution in [2.24, 2.45) is 0 Å². The molecule has 1 N–H and O–H groups in total. The van der Waals surface area contributed by atoms with Crippen LogP contribution in [0.25, 0.3) is 0 Å². The molecule has 21 heavy (non-hydrogen) atoms. The Morgan fingerprint density at radius 2 is 0.905 bits per heavy atom. The van der Waals surface area contributed by atoms with Crippen LogP contribution < -0.4 is 5.32 Å². The van der Waals surface area contributed by atoms with E-state index < -0.39 is 0 Å². The molecule has 0 aromatic carbocycles. The number of hydrogen-bond donors (Lipinski definition) is 1. The summed E-state index contributed by atoms with van der Waals surface area (Å²) in [5, 5.41) is 3.39. The standard InChI is InChI=1S/C20H41N/c1-2-3-4-5-6-7-8-9-10-11-12-13-14-15-16-17-18-20-19-21-20/h20-21H,2-19H2,1H3. The van der Waals surface area contributed by atoms with Gasteiger partial charge in [0.15, 0.2) is 0 Å². The second-order valence-corrected chi connectivity index (χ2v) is 7.20. The minimum absolute atomic E-state index is 0.900. The average Bonchev–Trinajstić information content (AvgIpc) is 3.31. The summed E-state index contributed by atoms with van der Waals surface area (Å²) in [5.74, 6) is 0. The fourth-order valence-corrected chi connectivity index (χ4v) is 3.23. The minimum atomic E-state index is 0.900. The lowest BCUT2D eigenvalue weighted by Gasteiger charge is -2.03. The van der Waals surface area contributed by atoms with Gasteiger partial charge in [0.1, 0.15) is 0 Å². The molecule has 0 aliphatic carbocycles. The van der Waals surface area contributed by atoms with Gasteiger partial charge in [-0.2, -0.15) is 0 Å². The lowest BCUT2D eigenvalue weighted by atomic mass is 10.0. The number of nitrogens with one attached hydrogen (secondary N) is 1. The van der Waals surface area contributed by atoms with Crippen LogP contribution in [0.4, 0.5) is 0 Å². The second-order valence-electron chi connectivity index (χ2n) is 7.20. The van der Waals surface area contributed by atoms with Gasteiger partial charge in [-0.15, -0.1) is 0 Å². The van der Waals surface area contributed by atoms with Crippen molar-refractivity contribution in [3.63, 3.8) is 0 Å². The summed E-state index contributed by atoms with van der Waals surface area (Å²) in [5.41, 5.74) is 0. The average molecular weight is 296 g/mol. The number of hydrogen-bond acceptors (Lipinski definition) is 1. The van der Waals surface area contributed by atoms with E-state index in [1.54, 1.807) is 0 Å². The molecule has 1 aliphatic rings. The molecule has 1 rings (SSSR count). The van der Waals surface area contributed by atoms with Gasteiger partial charge in [0.05, 0.1) is 0 Å². The smallest absolute Gasteiger partial charge is 0.0193 e. The third-order valence-electron chi connectivity index (χ3n) is 4.90. The topological polar surface area (TPSA) is 21.9 Å². The van der Waals surface area contributed by atoms with Crippen LogP contribution in [-0.2, 0) is 0 Å². The Kier molecular flexibility index (Phi) is 13.5. The third-order valence-corrected chi connectivity index (χ3v) is 4.90. The summed E-state index contributed by atoms with van der Waals surface area (Å²) in [6.07, 6.45) is 25.0. The van der Waals surface area contributed by atoms with Crippen molar-refractivity contribution in [1.82, 2.24) is 5.32 Å². The Morgan fingerprint density at radius 3 is 1.24 bits per heavy atom. The van der Waals surface area contributed by atoms with Gasteiger partial charge in [-0.3, -0.25) is 0 Å². The van der Waals surface area contributed by atoms with E-state index in [9.17, 15) is 0 Å². The SMILES string of the molecule is CCCCCCCCCCCCCCCCCCC1CN1. The quantitative estimate of drug-likeness (QED) is 0.237. The van der Waals surface area contributed by atoms with Crippen molar-refractivity contribution in [2.75, 3.05) is 6.54 Å². The van der Waals surface area contributed by atoms with Gasteiger partial charge in [-0.05, 0) is 6.42 Å². The van der Waals surface area contributed by atoms with Crippen molar-refractivity contribution < 1.29 is 0 Å². The van der Waals surface area contributed by atoms with Gasteiger partial charge in [0.2, 0.25) is 0 Å². The predicted octanol–water partition coefficient (Wildman–Crippen LogP) is 6.61. The van der Waals surface area contributed by atoms with Crippen molar-refractivity contribution in [2.45, 2.75) is 122 Å². The molecule has 1 fully saturated rings. The molecule has 1 unspecified atom stereocenters. The highest BCUT2D eigenvalue weighted by atomic mass is 15.1. The van der Waals surface area contributed by atoms with Crippen LogP contribution in [0.15, 0.2) is 0 Å². The molecule has 126 valence electrons. The summed E-state index contributed by atoms with van der Waals surface area (Å²) in [4.78, 5) is 0. The van der Waals surface area contributed by atoms with E-state index in [0.29, 0.717) is 0 Å². The zero-order valence-corrected chi connectivity index (χ0v) is 14.8. The summed E-state index contributed by atoms with van der Waals surface area (Å²) < 4.78 is 0. The zero-order chi connectivity index (χ0) is 15.0. The molecule has 0 saturated carbocycles. The first-order valence-electron chi connectivity index (χ1n) is 10.2. The van der Waals surface area contributed by atoms with E-state index in [-0.39, 0.29) is 0 Å². The highest BCUT2D eigenvalue weighted by Crippen LogP contribution is 2.15. The van der Waals surface area contributed by atoms with E-state index in [1.807, 2.05) is 0 Å². The highest BCUT2D eigenvalue weighted by Gasteiger charge is 2.18. The van der Waals surface area contributed by atoms with Crippen LogP contribution in [0.5, 0.6) is 0 Å². The number of rotatable bonds is 17. The van der Waals surface area contributed by atoms with E-state index in [4.69, 9.17) is 0 Å². The molecule has 1 heteroatoms. The molecule has 1 heterocycles. The lowest BCUT2D eigenvalue weighted by molar-refractivity contribution is 0.527. The molecule has 0 amide bonds. The van der Waals surface area contributed by atoms with Gasteiger partial charge in [0.25, 0.3) is 0 Å². The Bertz CT molecular complexity index is 198. The Hall–Kier alpha value is -0.0400. The Labute approximate surface area is 134 Å². The minimum Gasteiger partial charge on any atom is -0.311 e. The molecular weight excluding hydrogens is 254 g/mol. The maximum atomic E-state index is 3.39. The maximum Gasteiger partial charge on any atom is 0.0193 e. The summed E-state index contributed by atoms with van der Waals surface area (Å²) in [6, 6.07) is 0.900. The van der Waals surface area contributed by atoms with Crippen molar-refractivity contribution >= 4 is 0 Å². The van der Waals surface area contributed by atoms with Crippen LogP contribution in [0, 0.1) is 0 Å². The van der Waals surface area contributed by atoms with Gasteiger partial charge in [-0.25, -0.2) is 0 Å². The molecular formula is C20H41N. The van der Waals surface area contributed by atoms with Gasteiger partial charge in [0, 0.05) is 12.6 Å². The Balaban J connectivity index is 1.59. The molecule has 0 aromatic rings. The first kappa shape index (κ1) is 19.0. The molecule has 0 radical (unpaired) electrons. The van der Waals surface area contributed by atoms with Crippen molar-refractivity contribution in [3.8, 4) is 0 Å². The first-order valence-corrected chi connectivity index (χ1v) is 10.2. The first-order chi connectivity index (χ1) is 10.4. The lowest BCUT2D eigenvalue weighted by Crippen LogP contribution is -1.90. The molecule has 0 spiro atoms. The fraction of sp³-hybridized carbons (Fsp3) is 1.00. The summed E-state index contributed by atoms with van der Waals surface area (Å²) in [7, 11) is 0. The molecule has 1 nitrogen and oxygen atoms in total. The van der Waals surface area contributed by atoms with Crippen molar-refractivity contribution in [3.05, 3.63) is 0 Å². The zero-order valence-electron chi connectivity index (χ0n) is 14.8. The van der Waals surface area contributed by atoms with Crippen LogP contribution in [0.3, 0.4) is 0 Å². The van der Waals surface area contributed by atoms with Crippen LogP contribution in [0.1, 0.15) is 116 Å². The van der Waals surface area contributed by atoms with Gasteiger partial charge in [-0.1, -0.05) is 110 Å². The highest BCUT2D eigenvalue weighted by molar-refractivity contribution is 4.82. The monoisotopic (exact) mass is 295 g/mol.